The van der Waals surface area contributed by atoms with Crippen LogP contribution in [0.2, 0.25) is 0 Å². The van der Waals surface area contributed by atoms with E-state index in [0.29, 0.717) is 11.5 Å². The van der Waals surface area contributed by atoms with Crippen LogP contribution in [0.5, 0.6) is 0 Å². The van der Waals surface area contributed by atoms with Crippen molar-refractivity contribution < 1.29 is 4.74 Å². The molecule has 0 saturated carbocycles. The van der Waals surface area contributed by atoms with Crippen molar-refractivity contribution in [3.63, 3.8) is 0 Å². The van der Waals surface area contributed by atoms with Crippen LogP contribution in [0.1, 0.15) is 40.5 Å². The second-order valence-electron chi connectivity index (χ2n) is 4.07. The van der Waals surface area contributed by atoms with Gasteiger partial charge in [0.1, 0.15) is 0 Å². The van der Waals surface area contributed by atoms with Gasteiger partial charge in [-0.15, -0.1) is 11.6 Å². The Morgan fingerprint density at radius 2 is 2.00 bits per heavy atom. The Labute approximate surface area is 81.4 Å². The number of rotatable bonds is 6. The zero-order valence-electron chi connectivity index (χ0n) is 8.69. The fraction of sp³-hybridized carbons (Fsp3) is 1.00. The molecule has 1 unspecified atom stereocenters. The van der Waals surface area contributed by atoms with Crippen LogP contribution in [0.25, 0.3) is 0 Å². The first-order chi connectivity index (χ1) is 5.52. The lowest BCUT2D eigenvalue weighted by Gasteiger charge is -2.27. The van der Waals surface area contributed by atoms with Gasteiger partial charge >= 0.3 is 0 Å². The normalized spacial score (nSPS) is 14.8. The van der Waals surface area contributed by atoms with Gasteiger partial charge in [-0.2, -0.15) is 0 Å². The molecule has 0 aliphatic carbocycles. The van der Waals surface area contributed by atoms with Crippen LogP contribution in [-0.2, 0) is 4.74 Å². The molecule has 0 aromatic rings. The van der Waals surface area contributed by atoms with Crippen molar-refractivity contribution in [3.8, 4) is 0 Å². The molecule has 0 rings (SSSR count). The molecular formula is C10H21ClO. The van der Waals surface area contributed by atoms with E-state index in [2.05, 4.69) is 20.8 Å². The van der Waals surface area contributed by atoms with Crippen LogP contribution in [0.3, 0.4) is 0 Å². The minimum absolute atomic E-state index is 0.316. The lowest BCUT2D eigenvalue weighted by Crippen LogP contribution is -2.21. The summed E-state index contributed by atoms with van der Waals surface area (Å²) in [6.45, 7) is 9.44. The molecule has 12 heavy (non-hydrogen) atoms. The van der Waals surface area contributed by atoms with Gasteiger partial charge in [-0.1, -0.05) is 13.8 Å². The minimum atomic E-state index is 0.316. The van der Waals surface area contributed by atoms with Gasteiger partial charge in [0.25, 0.3) is 0 Å². The maximum absolute atomic E-state index is 5.71. The van der Waals surface area contributed by atoms with Gasteiger partial charge in [0, 0.05) is 12.5 Å². The summed E-state index contributed by atoms with van der Waals surface area (Å²) in [6.07, 6.45) is 2.51. The molecule has 0 radical (unpaired) electrons. The highest BCUT2D eigenvalue weighted by Crippen LogP contribution is 2.27. The molecule has 1 atom stereocenters. The van der Waals surface area contributed by atoms with E-state index in [1.165, 1.54) is 0 Å². The molecule has 0 amide bonds. The zero-order chi connectivity index (χ0) is 9.61. The number of hydrogen-bond donors (Lipinski definition) is 0. The minimum Gasteiger partial charge on any atom is -0.379 e. The highest BCUT2D eigenvalue weighted by Gasteiger charge is 2.20. The third-order valence-electron chi connectivity index (χ3n) is 2.06. The van der Waals surface area contributed by atoms with Crippen LogP contribution >= 0.6 is 11.6 Å². The molecule has 0 heterocycles. The van der Waals surface area contributed by atoms with E-state index in [4.69, 9.17) is 16.3 Å². The molecule has 0 saturated heterocycles. The molecule has 74 valence electrons. The molecule has 1 nitrogen and oxygen atoms in total. The maximum Gasteiger partial charge on any atom is 0.0551 e. The third kappa shape index (κ3) is 5.84. The Kier molecular flexibility index (Phi) is 5.94. The van der Waals surface area contributed by atoms with Gasteiger partial charge in [0.05, 0.1) is 6.10 Å². The first kappa shape index (κ1) is 12.2. The van der Waals surface area contributed by atoms with Gasteiger partial charge in [0.2, 0.25) is 0 Å². The summed E-state index contributed by atoms with van der Waals surface area (Å²) in [5, 5.41) is 0. The summed E-state index contributed by atoms with van der Waals surface area (Å²) in [5.41, 5.74) is 0.316. The Balaban J connectivity index is 3.70. The fourth-order valence-electron chi connectivity index (χ4n) is 1.48. The first-order valence-electron chi connectivity index (χ1n) is 4.69. The van der Waals surface area contributed by atoms with E-state index in [1.54, 1.807) is 0 Å². The molecule has 0 aromatic carbocycles. The second-order valence-corrected chi connectivity index (χ2v) is 4.45. The van der Waals surface area contributed by atoms with Crippen LogP contribution in [-0.4, -0.2) is 18.6 Å². The summed E-state index contributed by atoms with van der Waals surface area (Å²) >= 11 is 5.71. The molecular weight excluding hydrogens is 172 g/mol. The van der Waals surface area contributed by atoms with E-state index in [9.17, 15) is 0 Å². The standard InChI is InChI=1S/C10H21ClO/c1-5-12-9(2)8-10(3,4)6-7-11/h9H,5-8H2,1-4H3. The van der Waals surface area contributed by atoms with Gasteiger partial charge < -0.3 is 4.74 Å². The molecule has 0 bridgehead atoms. The molecule has 0 aromatic heterocycles. The zero-order valence-corrected chi connectivity index (χ0v) is 9.45. The van der Waals surface area contributed by atoms with Gasteiger partial charge in [0.15, 0.2) is 0 Å². The second kappa shape index (κ2) is 5.82. The van der Waals surface area contributed by atoms with E-state index >= 15 is 0 Å². The number of ether oxygens (including phenoxy) is 1. The summed E-state index contributed by atoms with van der Waals surface area (Å²) < 4.78 is 5.48. The smallest absolute Gasteiger partial charge is 0.0551 e. The van der Waals surface area contributed by atoms with Crippen LogP contribution < -0.4 is 0 Å². The Morgan fingerprint density at radius 3 is 2.42 bits per heavy atom. The molecule has 0 spiro atoms. The summed E-state index contributed by atoms with van der Waals surface area (Å²) in [7, 11) is 0. The molecule has 0 fully saturated rings. The quantitative estimate of drug-likeness (QED) is 0.586. The topological polar surface area (TPSA) is 9.23 Å². The Morgan fingerprint density at radius 1 is 1.42 bits per heavy atom. The van der Waals surface area contributed by atoms with Crippen LogP contribution in [0.15, 0.2) is 0 Å². The van der Waals surface area contributed by atoms with Crippen molar-refractivity contribution in [2.45, 2.75) is 46.6 Å². The van der Waals surface area contributed by atoms with Crippen molar-refractivity contribution in [1.82, 2.24) is 0 Å². The summed E-state index contributed by atoms with van der Waals surface area (Å²) in [4.78, 5) is 0. The molecule has 0 N–H and O–H groups in total. The molecule has 2 heteroatoms. The Hall–Kier alpha value is 0.250. The van der Waals surface area contributed by atoms with E-state index < -0.39 is 0 Å². The average molecular weight is 193 g/mol. The van der Waals surface area contributed by atoms with Gasteiger partial charge in [-0.25, -0.2) is 0 Å². The van der Waals surface area contributed by atoms with Crippen molar-refractivity contribution in [3.05, 3.63) is 0 Å². The fourth-order valence-corrected chi connectivity index (χ4v) is 1.99. The van der Waals surface area contributed by atoms with Gasteiger partial charge in [-0.05, 0) is 32.1 Å². The maximum atomic E-state index is 5.71. The van der Waals surface area contributed by atoms with E-state index in [1.807, 2.05) is 6.92 Å². The van der Waals surface area contributed by atoms with Crippen molar-refractivity contribution in [2.24, 2.45) is 5.41 Å². The SMILES string of the molecule is CCOC(C)CC(C)(C)CCCl. The van der Waals surface area contributed by atoms with Crippen molar-refractivity contribution in [2.75, 3.05) is 12.5 Å². The predicted octanol–water partition coefficient (Wildman–Crippen LogP) is 3.46. The summed E-state index contributed by atoms with van der Waals surface area (Å²) in [5.74, 6) is 0.742. The van der Waals surface area contributed by atoms with Crippen molar-refractivity contribution in [1.29, 1.82) is 0 Å². The number of alkyl halides is 1. The number of hydrogen-bond acceptors (Lipinski definition) is 1. The number of halogens is 1. The van der Waals surface area contributed by atoms with E-state index in [0.717, 1.165) is 25.3 Å². The Bertz CT molecular complexity index is 112. The average Bonchev–Trinajstić information content (AvgIpc) is 1.85. The summed E-state index contributed by atoms with van der Waals surface area (Å²) in [6, 6.07) is 0. The molecule has 0 aliphatic rings. The first-order valence-corrected chi connectivity index (χ1v) is 5.23. The van der Waals surface area contributed by atoms with Crippen LogP contribution in [0, 0.1) is 5.41 Å². The van der Waals surface area contributed by atoms with Crippen LogP contribution in [0.4, 0.5) is 0 Å². The highest BCUT2D eigenvalue weighted by molar-refractivity contribution is 6.17. The lowest BCUT2D eigenvalue weighted by atomic mass is 9.84. The van der Waals surface area contributed by atoms with E-state index in [-0.39, 0.29) is 0 Å². The van der Waals surface area contributed by atoms with Gasteiger partial charge in [-0.3, -0.25) is 0 Å². The highest BCUT2D eigenvalue weighted by atomic mass is 35.5. The largest absolute Gasteiger partial charge is 0.379 e. The van der Waals surface area contributed by atoms with Crippen molar-refractivity contribution >= 4 is 11.6 Å². The predicted molar refractivity (Wildman–Crippen MR) is 54.8 cm³/mol. The third-order valence-corrected chi connectivity index (χ3v) is 2.25. The monoisotopic (exact) mass is 192 g/mol. The lowest BCUT2D eigenvalue weighted by molar-refractivity contribution is 0.0422. The molecule has 0 aliphatic heterocycles.